The summed E-state index contributed by atoms with van der Waals surface area (Å²) < 4.78 is 74.0. The number of nitrogens with one attached hydrogen (secondary N) is 1. The van der Waals surface area contributed by atoms with Gasteiger partial charge in [0.1, 0.15) is 12.6 Å². The first-order valence-electron chi connectivity index (χ1n) is 16.1. The lowest BCUT2D eigenvalue weighted by Crippen LogP contribution is -2.37. The summed E-state index contributed by atoms with van der Waals surface area (Å²) >= 11 is 12.8. The van der Waals surface area contributed by atoms with Crippen molar-refractivity contribution in [3.63, 3.8) is 0 Å². The second-order valence-corrected chi connectivity index (χ2v) is 14.8. The lowest BCUT2D eigenvalue weighted by Gasteiger charge is -2.23. The van der Waals surface area contributed by atoms with Crippen LogP contribution in [0.5, 0.6) is 11.5 Å². The van der Waals surface area contributed by atoms with Gasteiger partial charge in [0.05, 0.1) is 46.3 Å². The van der Waals surface area contributed by atoms with Gasteiger partial charge in [0.2, 0.25) is 10.0 Å². The Bertz CT molecular complexity index is 1900. The average Bonchev–Trinajstić information content (AvgIpc) is 3.89. The quantitative estimate of drug-likeness (QED) is 0.100. The maximum absolute atomic E-state index is 13.5. The molecule has 2 aromatic carbocycles. The van der Waals surface area contributed by atoms with Crippen molar-refractivity contribution in [1.82, 2.24) is 15.2 Å². The van der Waals surface area contributed by atoms with Gasteiger partial charge in [0.15, 0.2) is 11.5 Å². The van der Waals surface area contributed by atoms with Crippen molar-refractivity contribution in [1.29, 1.82) is 0 Å². The molecule has 0 saturated heterocycles. The van der Waals surface area contributed by atoms with Gasteiger partial charge >= 0.3 is 12.6 Å². The van der Waals surface area contributed by atoms with E-state index in [0.717, 1.165) is 23.4 Å². The number of alkyl halides is 2. The first-order chi connectivity index (χ1) is 24.8. The van der Waals surface area contributed by atoms with Crippen LogP contribution in [0.15, 0.2) is 48.8 Å². The lowest BCUT2D eigenvalue weighted by atomic mass is 10.0. The minimum absolute atomic E-state index is 0.00252. The molecule has 1 aliphatic heterocycles. The molecule has 1 saturated carbocycles. The molecule has 3 aromatic rings. The van der Waals surface area contributed by atoms with Crippen LogP contribution in [0.25, 0.3) is 0 Å². The van der Waals surface area contributed by atoms with E-state index in [2.05, 4.69) is 15.0 Å². The molecule has 280 valence electrons. The predicted octanol–water partition coefficient (Wildman–Crippen LogP) is 4.90. The topological polar surface area (TPSA) is 154 Å². The van der Waals surface area contributed by atoms with Crippen LogP contribution in [0.3, 0.4) is 0 Å². The van der Waals surface area contributed by atoms with Gasteiger partial charge in [-0.15, -0.1) is 0 Å². The molecule has 13 nitrogen and oxygen atoms in total. The molecular formula is C34H36Cl2F2N4O9S. The van der Waals surface area contributed by atoms with Gasteiger partial charge in [0.25, 0.3) is 11.8 Å². The number of rotatable bonds is 19. The van der Waals surface area contributed by atoms with Crippen molar-refractivity contribution in [3.8, 4) is 11.5 Å². The van der Waals surface area contributed by atoms with Crippen molar-refractivity contribution < 1.29 is 50.5 Å². The number of pyridine rings is 1. The highest BCUT2D eigenvalue weighted by Crippen LogP contribution is 2.38. The van der Waals surface area contributed by atoms with Crippen molar-refractivity contribution in [3.05, 3.63) is 81.1 Å². The number of hydrogen-bond donors (Lipinski definition) is 1. The van der Waals surface area contributed by atoms with Crippen LogP contribution in [0.1, 0.15) is 50.8 Å². The van der Waals surface area contributed by atoms with E-state index in [9.17, 15) is 31.6 Å². The van der Waals surface area contributed by atoms with Gasteiger partial charge in [-0.1, -0.05) is 29.3 Å². The van der Waals surface area contributed by atoms with E-state index in [-0.39, 0.29) is 70.4 Å². The highest BCUT2D eigenvalue weighted by atomic mass is 35.5. The normalized spacial score (nSPS) is 14.8. The molecule has 0 radical (unpaired) electrons. The lowest BCUT2D eigenvalue weighted by molar-refractivity contribution is -0.149. The van der Waals surface area contributed by atoms with Gasteiger partial charge in [-0.25, -0.2) is 8.42 Å². The van der Waals surface area contributed by atoms with E-state index >= 15 is 0 Å². The van der Waals surface area contributed by atoms with E-state index in [1.165, 1.54) is 48.8 Å². The van der Waals surface area contributed by atoms with Crippen molar-refractivity contribution in [2.24, 2.45) is 5.92 Å². The van der Waals surface area contributed by atoms with E-state index in [1.807, 2.05) is 0 Å². The number of fused-ring (bicyclic) bond motifs is 1. The number of benzene rings is 2. The number of imide groups is 1. The van der Waals surface area contributed by atoms with Gasteiger partial charge in [-0.2, -0.15) is 8.78 Å². The number of carbonyl (C=O) groups excluding carboxylic acids is 3. The molecule has 2 amide bonds. The van der Waals surface area contributed by atoms with Gasteiger partial charge in [0, 0.05) is 45.6 Å². The van der Waals surface area contributed by atoms with Crippen LogP contribution in [0, 0.1) is 5.92 Å². The molecule has 0 spiro atoms. The first-order valence-corrected chi connectivity index (χ1v) is 18.7. The Morgan fingerprint density at radius 2 is 1.75 bits per heavy atom. The molecule has 1 aliphatic carbocycles. The molecular weight excluding hydrogens is 749 g/mol. The van der Waals surface area contributed by atoms with Crippen molar-refractivity contribution >= 4 is 56.7 Å². The maximum atomic E-state index is 13.5. The van der Waals surface area contributed by atoms with Crippen molar-refractivity contribution in [2.45, 2.75) is 32.0 Å². The number of methoxy groups -OCH3 is 1. The van der Waals surface area contributed by atoms with Gasteiger partial charge in [-0.3, -0.25) is 28.6 Å². The SMILES string of the molecule is COCCNCCN(c1ccc2c(c1)C(=O)N(CC(=O)OC(Cc1c(Cl)cncc1Cl)c1ccc(OC(F)F)c(OCC3CC3)c1)C2=O)S(C)(=O)=O. The molecule has 1 atom stereocenters. The van der Waals surface area contributed by atoms with Crippen LogP contribution in [0.4, 0.5) is 14.5 Å². The van der Waals surface area contributed by atoms with Gasteiger partial charge < -0.3 is 24.3 Å². The summed E-state index contributed by atoms with van der Waals surface area (Å²) in [5.41, 5.74) is 0.712. The van der Waals surface area contributed by atoms with Crippen molar-refractivity contribution in [2.75, 3.05) is 57.1 Å². The molecule has 5 rings (SSSR count). The molecule has 18 heteroatoms. The summed E-state index contributed by atoms with van der Waals surface area (Å²) in [5, 5.41) is 3.39. The Kier molecular flexibility index (Phi) is 12.9. The zero-order chi connectivity index (χ0) is 37.6. The third kappa shape index (κ3) is 9.86. The third-order valence-corrected chi connectivity index (χ3v) is 10.1. The Balaban J connectivity index is 1.37. The smallest absolute Gasteiger partial charge is 0.387 e. The summed E-state index contributed by atoms with van der Waals surface area (Å²) in [6, 6.07) is 8.11. The maximum Gasteiger partial charge on any atom is 0.387 e. The minimum atomic E-state index is -3.78. The van der Waals surface area contributed by atoms with Crippen LogP contribution < -0.4 is 19.1 Å². The number of sulfonamides is 1. The van der Waals surface area contributed by atoms with E-state index in [0.29, 0.717) is 29.2 Å². The Labute approximate surface area is 309 Å². The summed E-state index contributed by atoms with van der Waals surface area (Å²) in [6.45, 7) is -2.41. The van der Waals surface area contributed by atoms with E-state index in [4.69, 9.17) is 37.4 Å². The zero-order valence-electron chi connectivity index (χ0n) is 28.2. The standard InChI is InChI=1S/C34H36Cl2F2N4O9S/c1-48-12-10-39-9-11-42(52(2,46)47)22-6-7-23-24(14-22)33(45)41(32(23)44)18-31(43)50-29(15-25-26(35)16-40-17-27(25)36)21-5-8-28(51-34(37)38)30(13-21)49-19-20-3-4-20/h5-8,13-14,16-17,20,29,34,39H,3-4,9-12,15,18-19H2,1-2H3. The fraction of sp³-hybridized carbons (Fsp3) is 0.412. The fourth-order valence-corrected chi connectivity index (χ4v) is 6.88. The number of ether oxygens (including phenoxy) is 4. The van der Waals surface area contributed by atoms with E-state index < -0.39 is 47.1 Å². The Morgan fingerprint density at radius 3 is 2.40 bits per heavy atom. The number of aromatic nitrogens is 1. The minimum Gasteiger partial charge on any atom is -0.489 e. The summed E-state index contributed by atoms with van der Waals surface area (Å²) in [4.78, 5) is 45.0. The Morgan fingerprint density at radius 1 is 1.04 bits per heavy atom. The number of anilines is 1. The molecule has 1 aromatic heterocycles. The van der Waals surface area contributed by atoms with Gasteiger partial charge in [-0.05, 0) is 60.2 Å². The summed E-state index contributed by atoms with van der Waals surface area (Å²) in [5.74, 6) is -2.54. The molecule has 52 heavy (non-hydrogen) atoms. The Hall–Kier alpha value is -4.09. The number of halogens is 4. The number of carbonyl (C=O) groups is 3. The predicted molar refractivity (Wildman–Crippen MR) is 187 cm³/mol. The number of esters is 1. The third-order valence-electron chi connectivity index (χ3n) is 8.25. The molecule has 1 fully saturated rings. The first kappa shape index (κ1) is 39.1. The number of hydrogen-bond acceptors (Lipinski definition) is 11. The van der Waals surface area contributed by atoms with Crippen LogP contribution in [-0.4, -0.2) is 95.5 Å². The highest BCUT2D eigenvalue weighted by Gasteiger charge is 2.38. The molecule has 1 unspecified atom stereocenters. The van der Waals surface area contributed by atoms with Crippen LogP contribution in [-0.2, 0) is 30.7 Å². The highest BCUT2D eigenvalue weighted by molar-refractivity contribution is 7.92. The monoisotopic (exact) mass is 784 g/mol. The largest absolute Gasteiger partial charge is 0.489 e. The summed E-state index contributed by atoms with van der Waals surface area (Å²) in [7, 11) is -2.24. The fourth-order valence-electron chi connectivity index (χ4n) is 5.44. The number of nitrogens with zero attached hydrogens (tertiary/aromatic N) is 3. The van der Waals surface area contributed by atoms with E-state index in [1.54, 1.807) is 7.11 Å². The molecule has 2 heterocycles. The van der Waals surface area contributed by atoms with Crippen LogP contribution in [0.2, 0.25) is 10.0 Å². The molecule has 2 aliphatic rings. The second-order valence-electron chi connectivity index (χ2n) is 12.1. The number of amides is 2. The molecule has 0 bridgehead atoms. The average molecular weight is 786 g/mol. The second kappa shape index (κ2) is 17.2. The summed E-state index contributed by atoms with van der Waals surface area (Å²) in [6.07, 6.45) is 4.34. The van der Waals surface area contributed by atoms with Crippen LogP contribution >= 0.6 is 23.2 Å². The zero-order valence-corrected chi connectivity index (χ0v) is 30.5. The molecule has 1 N–H and O–H groups in total.